The van der Waals surface area contributed by atoms with Crippen LogP contribution in [0.3, 0.4) is 0 Å². The molecule has 5 heteroatoms. The number of carboxylic acid groups (broad SMARTS) is 1. The quantitative estimate of drug-likeness (QED) is 0.885. The molecule has 1 aliphatic carbocycles. The summed E-state index contributed by atoms with van der Waals surface area (Å²) in [6.07, 6.45) is 5.62. The zero-order valence-corrected chi connectivity index (χ0v) is 13.2. The van der Waals surface area contributed by atoms with Gasteiger partial charge in [0.15, 0.2) is 0 Å². The number of carbonyl (C=O) groups excluding carboxylic acids is 1. The molecule has 0 spiro atoms. The number of benzene rings is 1. The van der Waals surface area contributed by atoms with Gasteiger partial charge in [-0.2, -0.15) is 0 Å². The van der Waals surface area contributed by atoms with Gasteiger partial charge in [-0.1, -0.05) is 25.8 Å². The lowest BCUT2D eigenvalue weighted by Crippen LogP contribution is -2.47. The second-order valence-corrected chi connectivity index (χ2v) is 6.35. The highest BCUT2D eigenvalue weighted by Gasteiger charge is 2.38. The van der Waals surface area contributed by atoms with Gasteiger partial charge in [0.2, 0.25) is 0 Å². The smallest absolute Gasteiger partial charge is 0.305 e. The van der Waals surface area contributed by atoms with Gasteiger partial charge in [0.05, 0.1) is 17.5 Å². The molecule has 1 saturated carbocycles. The van der Waals surface area contributed by atoms with E-state index in [1.54, 1.807) is 0 Å². The molecule has 2 N–H and O–H groups in total. The predicted molar refractivity (Wildman–Crippen MR) is 86.5 cm³/mol. The largest absolute Gasteiger partial charge is 0.481 e. The minimum Gasteiger partial charge on any atom is -0.481 e. The van der Waals surface area contributed by atoms with E-state index >= 15 is 0 Å². The fourth-order valence-corrected chi connectivity index (χ4v) is 3.47. The molecule has 1 amide bonds. The number of carboxylic acids is 1. The van der Waals surface area contributed by atoms with E-state index in [0.29, 0.717) is 24.0 Å². The van der Waals surface area contributed by atoms with Gasteiger partial charge in [-0.25, -0.2) is 0 Å². The SMILES string of the molecule is CCc1ccc2occ(C(=O)NC3(CC(=O)O)CCCC3)c2c1. The van der Waals surface area contributed by atoms with Gasteiger partial charge in [-0.05, 0) is 37.0 Å². The van der Waals surface area contributed by atoms with Crippen molar-refractivity contribution in [1.29, 1.82) is 0 Å². The Balaban J connectivity index is 1.89. The van der Waals surface area contributed by atoms with Crippen molar-refractivity contribution in [2.75, 3.05) is 0 Å². The summed E-state index contributed by atoms with van der Waals surface area (Å²) in [7, 11) is 0. The first-order valence-electron chi connectivity index (χ1n) is 8.07. The average Bonchev–Trinajstić information content (AvgIpc) is 3.12. The number of hydrogen-bond donors (Lipinski definition) is 2. The summed E-state index contributed by atoms with van der Waals surface area (Å²) >= 11 is 0. The average molecular weight is 315 g/mol. The molecule has 0 radical (unpaired) electrons. The van der Waals surface area contributed by atoms with Crippen LogP contribution < -0.4 is 5.32 Å². The van der Waals surface area contributed by atoms with E-state index in [-0.39, 0.29) is 12.3 Å². The van der Waals surface area contributed by atoms with Crippen molar-refractivity contribution in [1.82, 2.24) is 5.32 Å². The van der Waals surface area contributed by atoms with Crippen molar-refractivity contribution in [3.8, 4) is 0 Å². The Morgan fingerprint density at radius 3 is 2.70 bits per heavy atom. The maximum absolute atomic E-state index is 12.7. The van der Waals surface area contributed by atoms with Crippen LogP contribution in [0.25, 0.3) is 11.0 Å². The predicted octanol–water partition coefficient (Wildman–Crippen LogP) is 3.51. The maximum Gasteiger partial charge on any atom is 0.305 e. The van der Waals surface area contributed by atoms with E-state index in [1.807, 2.05) is 18.2 Å². The molecule has 5 nitrogen and oxygen atoms in total. The zero-order chi connectivity index (χ0) is 16.4. The molecular formula is C18H21NO4. The molecule has 2 aromatic rings. The number of furan rings is 1. The molecule has 0 unspecified atom stereocenters. The van der Waals surface area contributed by atoms with Crippen LogP contribution in [-0.4, -0.2) is 22.5 Å². The molecule has 0 bridgehead atoms. The number of carbonyl (C=O) groups is 2. The molecule has 122 valence electrons. The summed E-state index contributed by atoms with van der Waals surface area (Å²) in [5, 5.41) is 12.9. The number of amides is 1. The Bertz CT molecular complexity index is 741. The van der Waals surface area contributed by atoms with E-state index in [0.717, 1.165) is 30.2 Å². The van der Waals surface area contributed by atoms with Crippen molar-refractivity contribution in [2.24, 2.45) is 0 Å². The Labute approximate surface area is 134 Å². The van der Waals surface area contributed by atoms with Crippen LogP contribution in [0.15, 0.2) is 28.9 Å². The van der Waals surface area contributed by atoms with Crippen molar-refractivity contribution < 1.29 is 19.1 Å². The topological polar surface area (TPSA) is 79.5 Å². The van der Waals surface area contributed by atoms with Crippen LogP contribution in [0.1, 0.15) is 54.9 Å². The monoisotopic (exact) mass is 315 g/mol. The number of hydrogen-bond acceptors (Lipinski definition) is 3. The number of rotatable bonds is 5. The van der Waals surface area contributed by atoms with Crippen molar-refractivity contribution in [3.63, 3.8) is 0 Å². The molecule has 23 heavy (non-hydrogen) atoms. The molecule has 1 heterocycles. The summed E-state index contributed by atoms with van der Waals surface area (Å²) in [5.74, 6) is -1.13. The van der Waals surface area contributed by atoms with Crippen LogP contribution in [0.4, 0.5) is 0 Å². The van der Waals surface area contributed by atoms with Crippen LogP contribution in [0, 0.1) is 0 Å². The first kappa shape index (κ1) is 15.6. The first-order valence-corrected chi connectivity index (χ1v) is 8.07. The van der Waals surface area contributed by atoms with Crippen LogP contribution >= 0.6 is 0 Å². The molecule has 0 saturated heterocycles. The summed E-state index contributed by atoms with van der Waals surface area (Å²) in [6, 6.07) is 5.82. The third-order valence-corrected chi connectivity index (χ3v) is 4.72. The van der Waals surface area contributed by atoms with E-state index < -0.39 is 11.5 Å². The summed E-state index contributed by atoms with van der Waals surface area (Å²) in [4.78, 5) is 23.9. The third-order valence-electron chi connectivity index (χ3n) is 4.72. The summed E-state index contributed by atoms with van der Waals surface area (Å²) in [5.41, 5.74) is 1.65. The number of fused-ring (bicyclic) bond motifs is 1. The highest BCUT2D eigenvalue weighted by molar-refractivity contribution is 6.06. The molecule has 3 rings (SSSR count). The highest BCUT2D eigenvalue weighted by atomic mass is 16.4. The normalized spacial score (nSPS) is 16.6. The van der Waals surface area contributed by atoms with E-state index in [9.17, 15) is 9.59 Å². The Hall–Kier alpha value is -2.30. The van der Waals surface area contributed by atoms with E-state index in [4.69, 9.17) is 9.52 Å². The summed E-state index contributed by atoms with van der Waals surface area (Å²) in [6.45, 7) is 2.06. The van der Waals surface area contributed by atoms with Crippen LogP contribution in [0.5, 0.6) is 0 Å². The molecular weight excluding hydrogens is 294 g/mol. The number of aliphatic carboxylic acids is 1. The van der Waals surface area contributed by atoms with E-state index in [2.05, 4.69) is 12.2 Å². The van der Waals surface area contributed by atoms with Gasteiger partial charge in [0.25, 0.3) is 5.91 Å². The van der Waals surface area contributed by atoms with Gasteiger partial charge >= 0.3 is 5.97 Å². The Morgan fingerprint density at radius 2 is 2.04 bits per heavy atom. The van der Waals surface area contributed by atoms with E-state index in [1.165, 1.54) is 6.26 Å². The third kappa shape index (κ3) is 3.09. The molecule has 1 aromatic heterocycles. The lowest BCUT2D eigenvalue weighted by atomic mass is 9.92. The molecule has 0 atom stereocenters. The van der Waals surface area contributed by atoms with Gasteiger partial charge in [0.1, 0.15) is 11.8 Å². The Kier molecular flexibility index (Phi) is 4.11. The summed E-state index contributed by atoms with van der Waals surface area (Å²) < 4.78 is 5.47. The Morgan fingerprint density at radius 1 is 1.30 bits per heavy atom. The van der Waals surface area contributed by atoms with Gasteiger partial charge < -0.3 is 14.8 Å². The van der Waals surface area contributed by atoms with Gasteiger partial charge in [-0.3, -0.25) is 9.59 Å². The second kappa shape index (κ2) is 6.07. The zero-order valence-electron chi connectivity index (χ0n) is 13.2. The maximum atomic E-state index is 12.7. The lowest BCUT2D eigenvalue weighted by molar-refractivity contribution is -0.138. The van der Waals surface area contributed by atoms with Crippen molar-refractivity contribution in [2.45, 2.75) is 51.0 Å². The molecule has 0 aliphatic heterocycles. The number of aryl methyl sites for hydroxylation is 1. The first-order chi connectivity index (χ1) is 11.0. The molecule has 1 fully saturated rings. The lowest BCUT2D eigenvalue weighted by Gasteiger charge is -2.28. The fourth-order valence-electron chi connectivity index (χ4n) is 3.47. The number of nitrogens with one attached hydrogen (secondary N) is 1. The molecule has 1 aliphatic rings. The van der Waals surface area contributed by atoms with Crippen LogP contribution in [0.2, 0.25) is 0 Å². The fraction of sp³-hybridized carbons (Fsp3) is 0.444. The van der Waals surface area contributed by atoms with Crippen molar-refractivity contribution in [3.05, 3.63) is 35.6 Å². The van der Waals surface area contributed by atoms with Gasteiger partial charge in [0, 0.05) is 5.39 Å². The second-order valence-electron chi connectivity index (χ2n) is 6.35. The standard InChI is InChI=1S/C18H21NO4/c1-2-12-5-6-15-13(9-12)14(11-23-15)17(22)19-18(10-16(20)21)7-3-4-8-18/h5-6,9,11H,2-4,7-8,10H2,1H3,(H,19,22)(H,20,21). The minimum absolute atomic E-state index is 0.0330. The van der Waals surface area contributed by atoms with Crippen molar-refractivity contribution >= 4 is 22.8 Å². The minimum atomic E-state index is -0.877. The van der Waals surface area contributed by atoms with Crippen LogP contribution in [-0.2, 0) is 11.2 Å². The molecule has 1 aromatic carbocycles. The van der Waals surface area contributed by atoms with Gasteiger partial charge in [-0.15, -0.1) is 0 Å². The highest BCUT2D eigenvalue weighted by Crippen LogP contribution is 2.33.